The van der Waals surface area contributed by atoms with Gasteiger partial charge < -0.3 is 4.74 Å². The summed E-state index contributed by atoms with van der Waals surface area (Å²) < 4.78 is 5.31. The first-order valence-electron chi connectivity index (χ1n) is 6.11. The molecule has 20 heavy (non-hydrogen) atoms. The van der Waals surface area contributed by atoms with Gasteiger partial charge >= 0.3 is 0 Å². The summed E-state index contributed by atoms with van der Waals surface area (Å²) in [6.45, 7) is 3.92. The molecule has 0 radical (unpaired) electrons. The molecule has 104 valence electrons. The second-order valence-corrected chi connectivity index (χ2v) is 4.86. The van der Waals surface area contributed by atoms with E-state index < -0.39 is 0 Å². The Hall–Kier alpha value is -2.21. The number of anilines is 1. The highest BCUT2D eigenvalue weighted by atomic mass is 32.1. The van der Waals surface area contributed by atoms with Crippen LogP contribution in [0.25, 0.3) is 0 Å². The van der Waals surface area contributed by atoms with E-state index >= 15 is 0 Å². The summed E-state index contributed by atoms with van der Waals surface area (Å²) in [6.07, 6.45) is 0. The largest absolute Gasteiger partial charge is 0.494 e. The first-order valence-corrected chi connectivity index (χ1v) is 6.98. The van der Waals surface area contributed by atoms with Gasteiger partial charge in [0.1, 0.15) is 11.4 Å². The fourth-order valence-corrected chi connectivity index (χ4v) is 2.28. The van der Waals surface area contributed by atoms with Gasteiger partial charge in [-0.15, -0.1) is 11.3 Å². The average molecular weight is 290 g/mol. The van der Waals surface area contributed by atoms with Crippen LogP contribution in [0.15, 0.2) is 29.6 Å². The van der Waals surface area contributed by atoms with Crippen molar-refractivity contribution in [3.63, 3.8) is 0 Å². The lowest BCUT2D eigenvalue weighted by molar-refractivity contribution is 0.100. The van der Waals surface area contributed by atoms with Crippen molar-refractivity contribution in [3.05, 3.63) is 40.9 Å². The first-order chi connectivity index (χ1) is 9.60. The minimum Gasteiger partial charge on any atom is -0.494 e. The van der Waals surface area contributed by atoms with Crippen molar-refractivity contribution in [2.75, 3.05) is 11.9 Å². The third kappa shape index (κ3) is 3.42. The third-order valence-electron chi connectivity index (χ3n) is 2.51. The number of carbonyl (C=O) groups excluding carboxylic acids is 2. The van der Waals surface area contributed by atoms with Gasteiger partial charge in [0.15, 0.2) is 10.9 Å². The Morgan fingerprint density at radius 3 is 2.55 bits per heavy atom. The Bertz CT molecular complexity index is 620. The van der Waals surface area contributed by atoms with Crippen molar-refractivity contribution in [2.45, 2.75) is 13.8 Å². The number of benzene rings is 1. The number of amides is 1. The van der Waals surface area contributed by atoms with Crippen molar-refractivity contribution in [2.24, 2.45) is 0 Å². The monoisotopic (exact) mass is 290 g/mol. The summed E-state index contributed by atoms with van der Waals surface area (Å²) in [4.78, 5) is 27.2. The van der Waals surface area contributed by atoms with Crippen LogP contribution in [0.2, 0.25) is 0 Å². The van der Waals surface area contributed by atoms with Gasteiger partial charge in [-0.1, -0.05) is 0 Å². The molecule has 1 amide bonds. The topological polar surface area (TPSA) is 68.3 Å². The second kappa shape index (κ2) is 6.29. The Balaban J connectivity index is 2.05. The maximum atomic E-state index is 12.0. The zero-order valence-electron chi connectivity index (χ0n) is 11.2. The van der Waals surface area contributed by atoms with Crippen LogP contribution >= 0.6 is 11.3 Å². The van der Waals surface area contributed by atoms with E-state index in [-0.39, 0.29) is 11.7 Å². The van der Waals surface area contributed by atoms with E-state index in [0.29, 0.717) is 23.0 Å². The summed E-state index contributed by atoms with van der Waals surface area (Å²) in [5, 5.41) is 4.69. The minimum atomic E-state index is -0.266. The number of rotatable bonds is 5. The number of Topliss-reactive ketones (excluding diaryl/α,β-unsaturated/α-hetero) is 1. The maximum absolute atomic E-state index is 12.0. The fourth-order valence-electron chi connectivity index (χ4n) is 1.53. The Kier molecular flexibility index (Phi) is 4.47. The molecular weight excluding hydrogens is 276 g/mol. The van der Waals surface area contributed by atoms with Gasteiger partial charge in [-0.05, 0) is 31.2 Å². The van der Waals surface area contributed by atoms with Crippen LogP contribution in [0, 0.1) is 0 Å². The molecule has 2 rings (SSSR count). The number of ether oxygens (including phenoxy) is 1. The van der Waals surface area contributed by atoms with Gasteiger partial charge in [-0.2, -0.15) is 0 Å². The summed E-state index contributed by atoms with van der Waals surface area (Å²) in [5.74, 6) is 0.331. The zero-order chi connectivity index (χ0) is 14.5. The van der Waals surface area contributed by atoms with Crippen LogP contribution < -0.4 is 10.1 Å². The number of nitrogens with zero attached hydrogens (tertiary/aromatic N) is 1. The quantitative estimate of drug-likeness (QED) is 0.859. The molecule has 0 aliphatic heterocycles. The SMILES string of the molecule is CCOc1ccc(C(=O)Nc2nc(C(C)=O)cs2)cc1. The van der Waals surface area contributed by atoms with E-state index in [0.717, 1.165) is 5.75 Å². The van der Waals surface area contributed by atoms with Crippen LogP contribution in [0.1, 0.15) is 34.7 Å². The van der Waals surface area contributed by atoms with E-state index in [1.807, 2.05) is 6.92 Å². The molecule has 0 saturated carbocycles. The van der Waals surface area contributed by atoms with Crippen LogP contribution in [-0.4, -0.2) is 23.3 Å². The minimum absolute atomic E-state index is 0.122. The van der Waals surface area contributed by atoms with Crippen molar-refractivity contribution in [1.82, 2.24) is 4.98 Å². The standard InChI is InChI=1S/C14H14N2O3S/c1-3-19-11-6-4-10(5-7-11)13(18)16-14-15-12(8-20-14)9(2)17/h4-8H,3H2,1-2H3,(H,15,16,18). The van der Waals surface area contributed by atoms with Gasteiger partial charge in [0.2, 0.25) is 0 Å². The van der Waals surface area contributed by atoms with E-state index in [1.165, 1.54) is 18.3 Å². The lowest BCUT2D eigenvalue weighted by Crippen LogP contribution is -2.11. The predicted octanol–water partition coefficient (Wildman–Crippen LogP) is 3.00. The molecule has 0 saturated heterocycles. The van der Waals surface area contributed by atoms with E-state index in [4.69, 9.17) is 4.74 Å². The third-order valence-corrected chi connectivity index (χ3v) is 3.27. The summed E-state index contributed by atoms with van der Waals surface area (Å²) >= 11 is 1.22. The Labute approximate surface area is 120 Å². The van der Waals surface area contributed by atoms with E-state index in [1.54, 1.807) is 29.6 Å². The van der Waals surface area contributed by atoms with Gasteiger partial charge in [-0.25, -0.2) is 4.98 Å². The van der Waals surface area contributed by atoms with Gasteiger partial charge in [0.25, 0.3) is 5.91 Å². The number of hydrogen-bond donors (Lipinski definition) is 1. The molecule has 0 fully saturated rings. The molecule has 5 nitrogen and oxygen atoms in total. The second-order valence-electron chi connectivity index (χ2n) is 4.01. The van der Waals surface area contributed by atoms with Crippen LogP contribution in [0.3, 0.4) is 0 Å². The predicted molar refractivity (Wildman–Crippen MR) is 77.7 cm³/mol. The van der Waals surface area contributed by atoms with E-state index in [9.17, 15) is 9.59 Å². The van der Waals surface area contributed by atoms with Gasteiger partial charge in [0, 0.05) is 17.9 Å². The Morgan fingerprint density at radius 2 is 2.00 bits per heavy atom. The molecule has 1 N–H and O–H groups in total. The molecule has 6 heteroatoms. The molecule has 1 heterocycles. The smallest absolute Gasteiger partial charge is 0.257 e. The molecule has 1 aromatic carbocycles. The fraction of sp³-hybridized carbons (Fsp3) is 0.214. The lowest BCUT2D eigenvalue weighted by Gasteiger charge is -2.04. The molecular formula is C14H14N2O3S. The highest BCUT2D eigenvalue weighted by molar-refractivity contribution is 7.14. The number of thiazole rings is 1. The van der Waals surface area contributed by atoms with Crippen molar-refractivity contribution in [1.29, 1.82) is 0 Å². The average Bonchev–Trinajstić information content (AvgIpc) is 2.88. The van der Waals surface area contributed by atoms with Crippen LogP contribution in [-0.2, 0) is 0 Å². The number of carbonyl (C=O) groups is 2. The maximum Gasteiger partial charge on any atom is 0.257 e. The zero-order valence-corrected chi connectivity index (χ0v) is 12.0. The van der Waals surface area contributed by atoms with Crippen LogP contribution in [0.4, 0.5) is 5.13 Å². The molecule has 0 bridgehead atoms. The van der Waals surface area contributed by atoms with Crippen molar-refractivity contribution >= 4 is 28.2 Å². The summed E-state index contributed by atoms with van der Waals surface area (Å²) in [6, 6.07) is 6.84. The van der Waals surface area contributed by atoms with Crippen molar-refractivity contribution < 1.29 is 14.3 Å². The molecule has 2 aromatic rings. The van der Waals surface area contributed by atoms with Gasteiger partial charge in [-0.3, -0.25) is 14.9 Å². The van der Waals surface area contributed by atoms with Crippen LogP contribution in [0.5, 0.6) is 5.75 Å². The number of ketones is 1. The normalized spacial score (nSPS) is 10.1. The lowest BCUT2D eigenvalue weighted by atomic mass is 10.2. The Morgan fingerprint density at radius 1 is 1.30 bits per heavy atom. The highest BCUT2D eigenvalue weighted by Crippen LogP contribution is 2.18. The molecule has 1 aromatic heterocycles. The summed E-state index contributed by atoms with van der Waals surface area (Å²) in [7, 11) is 0. The highest BCUT2D eigenvalue weighted by Gasteiger charge is 2.10. The molecule has 0 atom stereocenters. The summed E-state index contributed by atoms with van der Waals surface area (Å²) in [5.41, 5.74) is 0.866. The van der Waals surface area contributed by atoms with Crippen molar-refractivity contribution in [3.8, 4) is 5.75 Å². The number of aromatic nitrogens is 1. The molecule has 0 aliphatic carbocycles. The molecule has 0 spiro atoms. The first kappa shape index (κ1) is 14.2. The molecule has 0 aliphatic rings. The van der Waals surface area contributed by atoms with E-state index in [2.05, 4.69) is 10.3 Å². The van der Waals surface area contributed by atoms with Gasteiger partial charge in [0.05, 0.1) is 6.61 Å². The number of hydrogen-bond acceptors (Lipinski definition) is 5. The molecule has 0 unspecified atom stereocenters. The number of nitrogens with one attached hydrogen (secondary N) is 1.